The zero-order valence-corrected chi connectivity index (χ0v) is 12.5. The molecule has 2 unspecified atom stereocenters. The van der Waals surface area contributed by atoms with Crippen molar-refractivity contribution in [3.8, 4) is 5.88 Å². The van der Waals surface area contributed by atoms with E-state index in [2.05, 4.69) is 15.0 Å². The first-order valence-electron chi connectivity index (χ1n) is 5.73. The Labute approximate surface area is 118 Å². The van der Waals surface area contributed by atoms with Gasteiger partial charge in [0.1, 0.15) is 12.2 Å². The lowest BCUT2D eigenvalue weighted by Gasteiger charge is -2.08. The van der Waals surface area contributed by atoms with Gasteiger partial charge in [0.2, 0.25) is 5.88 Å². The number of aromatic nitrogens is 4. The Kier molecular flexibility index (Phi) is 4.36. The summed E-state index contributed by atoms with van der Waals surface area (Å²) in [6.45, 7) is 2.38. The molecule has 0 aromatic carbocycles. The molecule has 2 atom stereocenters. The Balaban J connectivity index is 2.57. The minimum Gasteiger partial charge on any atom is -0.479 e. The smallest absolute Gasteiger partial charge is 0.245 e. The summed E-state index contributed by atoms with van der Waals surface area (Å²) in [6.07, 6.45) is 3.09. The minimum atomic E-state index is -0.888. The van der Waals surface area contributed by atoms with Gasteiger partial charge in [-0.15, -0.1) is 11.6 Å². The maximum Gasteiger partial charge on any atom is 0.245 e. The first kappa shape index (κ1) is 14.2. The van der Waals surface area contributed by atoms with Gasteiger partial charge in [0.25, 0.3) is 0 Å². The van der Waals surface area contributed by atoms with E-state index in [0.29, 0.717) is 35.2 Å². The Morgan fingerprint density at radius 3 is 2.84 bits per heavy atom. The average Bonchev–Trinajstić information content (AvgIpc) is 2.74. The van der Waals surface area contributed by atoms with Gasteiger partial charge < -0.3 is 9.30 Å². The van der Waals surface area contributed by atoms with Gasteiger partial charge in [0.15, 0.2) is 11.2 Å². The molecular formula is C11H15ClN4O2S. The molecule has 0 N–H and O–H groups in total. The van der Waals surface area contributed by atoms with Crippen molar-refractivity contribution in [3.05, 3.63) is 12.2 Å². The summed E-state index contributed by atoms with van der Waals surface area (Å²) in [4.78, 5) is 12.7. The lowest BCUT2D eigenvalue weighted by Crippen LogP contribution is -2.11. The number of rotatable bonds is 5. The molecule has 0 bridgehead atoms. The SMILES string of the molecule is COc1ncnc2c1nc(C(C)Cl)n2CCS(C)=O. The van der Waals surface area contributed by atoms with E-state index in [1.54, 1.807) is 6.26 Å². The van der Waals surface area contributed by atoms with Crippen molar-refractivity contribution in [1.82, 2.24) is 19.5 Å². The van der Waals surface area contributed by atoms with Crippen molar-refractivity contribution in [2.45, 2.75) is 18.8 Å². The van der Waals surface area contributed by atoms with Gasteiger partial charge in [-0.25, -0.2) is 9.97 Å². The van der Waals surface area contributed by atoms with Crippen molar-refractivity contribution in [2.75, 3.05) is 19.1 Å². The highest BCUT2D eigenvalue weighted by molar-refractivity contribution is 7.84. The average molecular weight is 303 g/mol. The maximum atomic E-state index is 11.3. The van der Waals surface area contributed by atoms with E-state index in [4.69, 9.17) is 16.3 Å². The number of alkyl halides is 1. The van der Waals surface area contributed by atoms with Crippen LogP contribution in [-0.2, 0) is 17.3 Å². The molecule has 0 saturated heterocycles. The second-order valence-electron chi connectivity index (χ2n) is 4.07. The molecule has 0 aliphatic carbocycles. The van der Waals surface area contributed by atoms with Crippen molar-refractivity contribution in [1.29, 1.82) is 0 Å². The lowest BCUT2D eigenvalue weighted by atomic mass is 10.4. The van der Waals surface area contributed by atoms with Crippen LogP contribution in [0.5, 0.6) is 5.88 Å². The van der Waals surface area contributed by atoms with E-state index in [9.17, 15) is 4.21 Å². The molecule has 0 amide bonds. The first-order chi connectivity index (χ1) is 9.04. The number of aryl methyl sites for hydroxylation is 1. The van der Waals surface area contributed by atoms with E-state index in [1.165, 1.54) is 13.4 Å². The fraction of sp³-hybridized carbons (Fsp3) is 0.545. The Morgan fingerprint density at radius 1 is 1.53 bits per heavy atom. The molecule has 8 heteroatoms. The van der Waals surface area contributed by atoms with E-state index in [1.807, 2.05) is 11.5 Å². The van der Waals surface area contributed by atoms with Gasteiger partial charge in [-0.2, -0.15) is 4.98 Å². The van der Waals surface area contributed by atoms with Crippen molar-refractivity contribution < 1.29 is 8.95 Å². The monoisotopic (exact) mass is 302 g/mol. The summed E-state index contributed by atoms with van der Waals surface area (Å²) >= 11 is 6.14. The van der Waals surface area contributed by atoms with E-state index >= 15 is 0 Å². The molecule has 0 fully saturated rings. The number of methoxy groups -OCH3 is 1. The summed E-state index contributed by atoms with van der Waals surface area (Å²) in [6, 6.07) is 0. The second kappa shape index (κ2) is 5.83. The van der Waals surface area contributed by atoms with Crippen LogP contribution in [0.4, 0.5) is 0 Å². The third kappa shape index (κ3) is 2.87. The number of imidazole rings is 1. The molecular weight excluding hydrogens is 288 g/mol. The molecule has 0 saturated carbocycles. The fourth-order valence-corrected chi connectivity index (χ4v) is 2.43. The molecule has 19 heavy (non-hydrogen) atoms. The summed E-state index contributed by atoms with van der Waals surface area (Å²) in [5.41, 5.74) is 1.23. The van der Waals surface area contributed by atoms with Crippen LogP contribution in [-0.4, -0.2) is 42.8 Å². The van der Waals surface area contributed by atoms with E-state index in [0.717, 1.165) is 0 Å². The first-order valence-corrected chi connectivity index (χ1v) is 7.90. The summed E-state index contributed by atoms with van der Waals surface area (Å²) in [5, 5.41) is -0.274. The third-order valence-electron chi connectivity index (χ3n) is 2.68. The van der Waals surface area contributed by atoms with E-state index in [-0.39, 0.29) is 5.38 Å². The van der Waals surface area contributed by atoms with Crippen molar-refractivity contribution >= 4 is 33.6 Å². The molecule has 104 valence electrons. The lowest BCUT2D eigenvalue weighted by molar-refractivity contribution is 0.401. The number of halogens is 1. The second-order valence-corrected chi connectivity index (χ2v) is 6.28. The van der Waals surface area contributed by atoms with Crippen LogP contribution in [0.25, 0.3) is 11.2 Å². The number of fused-ring (bicyclic) bond motifs is 1. The normalized spacial score (nSPS) is 14.5. The Hall–Kier alpha value is -1.21. The van der Waals surface area contributed by atoms with Crippen molar-refractivity contribution in [3.63, 3.8) is 0 Å². The summed E-state index contributed by atoms with van der Waals surface area (Å²) < 4.78 is 18.3. The van der Waals surface area contributed by atoms with Gasteiger partial charge in [-0.1, -0.05) is 0 Å². The van der Waals surface area contributed by atoms with Crippen LogP contribution in [0, 0.1) is 0 Å². The predicted molar refractivity (Wildman–Crippen MR) is 75.1 cm³/mol. The zero-order valence-electron chi connectivity index (χ0n) is 11.0. The standard InChI is InChI=1S/C11H15ClN4O2S/c1-7(12)9-15-8-10(13-6-14-11(8)18-2)16(9)4-5-19(3)17/h6-7H,4-5H2,1-3H3. The summed E-state index contributed by atoms with van der Waals surface area (Å²) in [7, 11) is 0.645. The molecule has 0 radical (unpaired) electrons. The van der Waals surface area contributed by atoms with Crippen LogP contribution < -0.4 is 4.74 Å². The predicted octanol–water partition coefficient (Wildman–Crippen LogP) is 1.51. The van der Waals surface area contributed by atoms with Gasteiger partial charge in [-0.05, 0) is 6.92 Å². The van der Waals surface area contributed by atoms with Crippen LogP contribution >= 0.6 is 11.6 Å². The molecule has 0 spiro atoms. The van der Waals surface area contributed by atoms with E-state index < -0.39 is 10.8 Å². The van der Waals surface area contributed by atoms with Crippen LogP contribution in [0.15, 0.2) is 6.33 Å². The quantitative estimate of drug-likeness (QED) is 0.783. The fourth-order valence-electron chi connectivity index (χ4n) is 1.83. The highest BCUT2D eigenvalue weighted by Crippen LogP contribution is 2.27. The topological polar surface area (TPSA) is 69.9 Å². The molecule has 2 aromatic heterocycles. The number of ether oxygens (including phenoxy) is 1. The Morgan fingerprint density at radius 2 is 2.26 bits per heavy atom. The number of hydrogen-bond donors (Lipinski definition) is 0. The van der Waals surface area contributed by atoms with Gasteiger partial charge >= 0.3 is 0 Å². The number of hydrogen-bond acceptors (Lipinski definition) is 5. The highest BCUT2D eigenvalue weighted by Gasteiger charge is 2.19. The van der Waals surface area contributed by atoms with Crippen LogP contribution in [0.2, 0.25) is 0 Å². The Bertz CT molecular complexity index is 614. The molecule has 2 heterocycles. The maximum absolute atomic E-state index is 11.3. The molecule has 0 aliphatic rings. The van der Waals surface area contributed by atoms with Crippen molar-refractivity contribution in [2.24, 2.45) is 0 Å². The molecule has 2 rings (SSSR count). The third-order valence-corrected chi connectivity index (χ3v) is 3.63. The van der Waals surface area contributed by atoms with Gasteiger partial charge in [-0.3, -0.25) is 4.21 Å². The molecule has 0 aliphatic heterocycles. The summed E-state index contributed by atoms with van der Waals surface area (Å²) in [5.74, 6) is 1.62. The number of nitrogens with zero attached hydrogens (tertiary/aromatic N) is 4. The minimum absolute atomic E-state index is 0.274. The highest BCUT2D eigenvalue weighted by atomic mass is 35.5. The van der Waals surface area contributed by atoms with Crippen LogP contribution in [0.3, 0.4) is 0 Å². The van der Waals surface area contributed by atoms with Gasteiger partial charge in [0, 0.05) is 29.4 Å². The zero-order chi connectivity index (χ0) is 14.0. The van der Waals surface area contributed by atoms with Gasteiger partial charge in [0.05, 0.1) is 12.5 Å². The largest absolute Gasteiger partial charge is 0.479 e. The molecule has 2 aromatic rings. The van der Waals surface area contributed by atoms with Crippen LogP contribution in [0.1, 0.15) is 18.1 Å². The molecule has 6 nitrogen and oxygen atoms in total.